The minimum absolute atomic E-state index is 0.187. The number of aryl methyl sites for hydroxylation is 1. The van der Waals surface area contributed by atoms with Crippen molar-refractivity contribution >= 4 is 11.9 Å². The zero-order valence-electron chi connectivity index (χ0n) is 18.6. The van der Waals surface area contributed by atoms with E-state index >= 15 is 0 Å². The maximum Gasteiger partial charge on any atom is 0.338 e. The SMILES string of the molecule is CCOC(=O)C1=C(C)OC(=N)C(C#N)C1c1ccc(OCc2ccc(C)cc2)c(OC)c1. The van der Waals surface area contributed by atoms with Crippen LogP contribution in [-0.2, 0) is 20.9 Å². The van der Waals surface area contributed by atoms with Gasteiger partial charge in [-0.15, -0.1) is 0 Å². The zero-order valence-corrected chi connectivity index (χ0v) is 18.6. The van der Waals surface area contributed by atoms with Gasteiger partial charge in [0, 0.05) is 5.92 Å². The third-order valence-corrected chi connectivity index (χ3v) is 5.27. The van der Waals surface area contributed by atoms with Crippen molar-refractivity contribution in [3.63, 3.8) is 0 Å². The quantitative estimate of drug-likeness (QED) is 0.637. The van der Waals surface area contributed by atoms with Gasteiger partial charge < -0.3 is 18.9 Å². The van der Waals surface area contributed by atoms with E-state index in [0.717, 1.165) is 5.56 Å². The Bertz CT molecular complexity index is 1080. The number of nitrogens with one attached hydrogen (secondary N) is 1. The molecule has 166 valence electrons. The highest BCUT2D eigenvalue weighted by Gasteiger charge is 2.41. The Morgan fingerprint density at radius 1 is 1.16 bits per heavy atom. The number of nitrogens with zero attached hydrogens (tertiary/aromatic N) is 1. The van der Waals surface area contributed by atoms with Gasteiger partial charge in [0.25, 0.3) is 0 Å². The van der Waals surface area contributed by atoms with Gasteiger partial charge in [-0.3, -0.25) is 5.41 Å². The van der Waals surface area contributed by atoms with Crippen molar-refractivity contribution in [2.75, 3.05) is 13.7 Å². The Hall–Kier alpha value is -3.79. The standard InChI is InChI=1S/C25H26N2O5/c1-5-30-25(28)22-16(3)32-24(27)19(13-26)23(22)18-10-11-20(21(12-18)29-4)31-14-17-8-6-15(2)7-9-17/h6-12,19,23,27H,5,14H2,1-4H3. The number of rotatable bonds is 7. The van der Waals surface area contributed by atoms with Crippen LogP contribution in [-0.4, -0.2) is 25.6 Å². The van der Waals surface area contributed by atoms with E-state index in [1.807, 2.05) is 31.2 Å². The van der Waals surface area contributed by atoms with Crippen LogP contribution in [0.25, 0.3) is 0 Å². The first-order chi connectivity index (χ1) is 15.4. The van der Waals surface area contributed by atoms with Crippen LogP contribution in [0.15, 0.2) is 53.8 Å². The van der Waals surface area contributed by atoms with Crippen molar-refractivity contribution in [3.05, 3.63) is 70.5 Å². The Balaban J connectivity index is 1.96. The fourth-order valence-electron chi connectivity index (χ4n) is 3.63. The summed E-state index contributed by atoms with van der Waals surface area (Å²) in [6.07, 6.45) is 0. The van der Waals surface area contributed by atoms with Gasteiger partial charge in [-0.2, -0.15) is 5.26 Å². The first-order valence-corrected chi connectivity index (χ1v) is 10.3. The molecular formula is C25H26N2O5. The molecule has 0 spiro atoms. The number of benzene rings is 2. The molecule has 2 aromatic carbocycles. The monoisotopic (exact) mass is 434 g/mol. The van der Waals surface area contributed by atoms with Crippen LogP contribution < -0.4 is 9.47 Å². The highest BCUT2D eigenvalue weighted by atomic mass is 16.5. The molecule has 0 saturated heterocycles. The van der Waals surface area contributed by atoms with Gasteiger partial charge in [-0.1, -0.05) is 35.9 Å². The molecule has 0 aliphatic carbocycles. The summed E-state index contributed by atoms with van der Waals surface area (Å²) in [5, 5.41) is 17.8. The number of ether oxygens (including phenoxy) is 4. The average molecular weight is 434 g/mol. The van der Waals surface area contributed by atoms with Gasteiger partial charge in [-0.25, -0.2) is 4.79 Å². The number of nitriles is 1. The Morgan fingerprint density at radius 2 is 1.88 bits per heavy atom. The number of hydrogen-bond donors (Lipinski definition) is 1. The summed E-state index contributed by atoms with van der Waals surface area (Å²) in [6.45, 7) is 5.88. The second-order valence-electron chi connectivity index (χ2n) is 7.43. The molecule has 2 unspecified atom stereocenters. The van der Waals surface area contributed by atoms with E-state index < -0.39 is 17.8 Å². The molecule has 0 amide bonds. The third-order valence-electron chi connectivity index (χ3n) is 5.27. The molecule has 3 rings (SSSR count). The summed E-state index contributed by atoms with van der Waals surface area (Å²) in [4.78, 5) is 12.7. The molecule has 2 atom stereocenters. The minimum atomic E-state index is -0.970. The van der Waals surface area contributed by atoms with Crippen LogP contribution in [0.3, 0.4) is 0 Å². The lowest BCUT2D eigenvalue weighted by Gasteiger charge is -2.30. The van der Waals surface area contributed by atoms with E-state index in [1.165, 1.54) is 12.7 Å². The van der Waals surface area contributed by atoms with Gasteiger partial charge in [0.05, 0.1) is 25.4 Å². The normalized spacial score (nSPS) is 17.9. The van der Waals surface area contributed by atoms with Crippen molar-refractivity contribution in [1.29, 1.82) is 10.7 Å². The summed E-state index contributed by atoms with van der Waals surface area (Å²) in [6, 6.07) is 15.4. The van der Waals surface area contributed by atoms with E-state index in [0.29, 0.717) is 23.7 Å². The van der Waals surface area contributed by atoms with E-state index in [2.05, 4.69) is 6.07 Å². The summed E-state index contributed by atoms with van der Waals surface area (Å²) in [5.41, 5.74) is 3.05. The predicted octanol–water partition coefficient (Wildman–Crippen LogP) is 4.65. The molecule has 1 N–H and O–H groups in total. The summed E-state index contributed by atoms with van der Waals surface area (Å²) >= 11 is 0. The summed E-state index contributed by atoms with van der Waals surface area (Å²) in [7, 11) is 1.53. The zero-order chi connectivity index (χ0) is 23.3. The lowest BCUT2D eigenvalue weighted by Crippen LogP contribution is -2.33. The van der Waals surface area contributed by atoms with Crippen molar-refractivity contribution < 1.29 is 23.7 Å². The first-order valence-electron chi connectivity index (χ1n) is 10.3. The highest BCUT2D eigenvalue weighted by molar-refractivity contribution is 5.95. The average Bonchev–Trinajstić information content (AvgIpc) is 2.78. The van der Waals surface area contributed by atoms with Crippen LogP contribution in [0.5, 0.6) is 11.5 Å². The predicted molar refractivity (Wildman–Crippen MR) is 118 cm³/mol. The molecule has 0 fully saturated rings. The number of carbonyl (C=O) groups is 1. The second-order valence-corrected chi connectivity index (χ2v) is 7.43. The summed E-state index contributed by atoms with van der Waals surface area (Å²) < 4.78 is 22.0. The number of methoxy groups -OCH3 is 1. The van der Waals surface area contributed by atoms with E-state index in [-0.39, 0.29) is 23.8 Å². The van der Waals surface area contributed by atoms with Crippen LogP contribution in [0.2, 0.25) is 0 Å². The first kappa shape index (κ1) is 22.9. The topological polar surface area (TPSA) is 102 Å². The molecule has 32 heavy (non-hydrogen) atoms. The summed E-state index contributed by atoms with van der Waals surface area (Å²) in [5.74, 6) is -1.22. The molecule has 1 aliphatic rings. The van der Waals surface area contributed by atoms with Crippen LogP contribution >= 0.6 is 0 Å². The Kier molecular flexibility index (Phi) is 7.16. The molecule has 0 bridgehead atoms. The van der Waals surface area contributed by atoms with E-state index in [4.69, 9.17) is 24.4 Å². The maximum absolute atomic E-state index is 12.7. The molecule has 2 aromatic rings. The Morgan fingerprint density at radius 3 is 2.50 bits per heavy atom. The number of carbonyl (C=O) groups excluding carboxylic acids is 1. The second kappa shape index (κ2) is 10.0. The molecule has 7 nitrogen and oxygen atoms in total. The minimum Gasteiger partial charge on any atom is -0.493 e. The molecule has 0 radical (unpaired) electrons. The smallest absolute Gasteiger partial charge is 0.338 e. The van der Waals surface area contributed by atoms with E-state index in [9.17, 15) is 10.1 Å². The number of allylic oxidation sites excluding steroid dienone is 1. The molecule has 1 aliphatic heterocycles. The van der Waals surface area contributed by atoms with Gasteiger partial charge in [0.15, 0.2) is 11.5 Å². The van der Waals surface area contributed by atoms with Crippen molar-refractivity contribution in [2.45, 2.75) is 33.3 Å². The van der Waals surface area contributed by atoms with Gasteiger partial charge in [0.2, 0.25) is 5.90 Å². The van der Waals surface area contributed by atoms with Gasteiger partial charge in [0.1, 0.15) is 18.3 Å². The fourth-order valence-corrected chi connectivity index (χ4v) is 3.63. The largest absolute Gasteiger partial charge is 0.493 e. The fraction of sp³-hybridized carbons (Fsp3) is 0.320. The lowest BCUT2D eigenvalue weighted by molar-refractivity contribution is -0.139. The molecule has 0 aromatic heterocycles. The van der Waals surface area contributed by atoms with Crippen molar-refractivity contribution in [1.82, 2.24) is 0 Å². The Labute approximate surface area is 187 Å². The van der Waals surface area contributed by atoms with Crippen molar-refractivity contribution in [3.8, 4) is 17.6 Å². The van der Waals surface area contributed by atoms with E-state index in [1.54, 1.807) is 32.0 Å². The van der Waals surface area contributed by atoms with Crippen molar-refractivity contribution in [2.24, 2.45) is 5.92 Å². The molecule has 0 saturated carbocycles. The van der Waals surface area contributed by atoms with Crippen LogP contribution in [0.4, 0.5) is 0 Å². The molecular weight excluding hydrogens is 408 g/mol. The highest BCUT2D eigenvalue weighted by Crippen LogP contribution is 2.42. The molecule has 1 heterocycles. The maximum atomic E-state index is 12.7. The molecule has 7 heteroatoms. The van der Waals surface area contributed by atoms with Crippen LogP contribution in [0.1, 0.15) is 36.5 Å². The number of hydrogen-bond acceptors (Lipinski definition) is 7. The number of esters is 1. The van der Waals surface area contributed by atoms with Gasteiger partial charge in [-0.05, 0) is 44.0 Å². The lowest BCUT2D eigenvalue weighted by atomic mass is 9.78. The third kappa shape index (κ3) is 4.75. The van der Waals surface area contributed by atoms with Gasteiger partial charge >= 0.3 is 5.97 Å². The van der Waals surface area contributed by atoms with Crippen LogP contribution in [0, 0.1) is 29.6 Å².